The molecule has 4 aliphatic heterocycles. The van der Waals surface area contributed by atoms with E-state index in [9.17, 15) is 10.2 Å². The molecule has 0 saturated carbocycles. The maximum atomic E-state index is 10.9. The average molecular weight is 332 g/mol. The van der Waals surface area contributed by atoms with Gasteiger partial charge in [0.15, 0.2) is 0 Å². The summed E-state index contributed by atoms with van der Waals surface area (Å²) in [6.07, 6.45) is -1.98. The lowest BCUT2D eigenvalue weighted by Crippen LogP contribution is -2.53. The molecule has 23 heavy (non-hydrogen) atoms. The van der Waals surface area contributed by atoms with Gasteiger partial charge in [0.1, 0.15) is 42.2 Å². The number of rotatable bonds is 11. The van der Waals surface area contributed by atoms with E-state index in [0.717, 1.165) is 13.2 Å². The lowest BCUT2D eigenvalue weighted by Gasteiger charge is -2.28. The number of epoxide rings is 4. The van der Waals surface area contributed by atoms with Gasteiger partial charge in [-0.25, -0.2) is 0 Å². The fraction of sp³-hybridized carbons (Fsp3) is 1.00. The van der Waals surface area contributed by atoms with Crippen molar-refractivity contribution in [3.05, 3.63) is 0 Å². The van der Waals surface area contributed by atoms with Crippen LogP contribution in [0.1, 0.15) is 6.92 Å². The van der Waals surface area contributed by atoms with Gasteiger partial charge in [0.25, 0.3) is 0 Å². The Morgan fingerprint density at radius 1 is 0.957 bits per heavy atom. The van der Waals surface area contributed by atoms with Crippen LogP contribution in [0.25, 0.3) is 0 Å². The quantitative estimate of drug-likeness (QED) is 0.438. The Hall–Kier alpha value is -0.320. The van der Waals surface area contributed by atoms with Gasteiger partial charge in [-0.05, 0) is 6.92 Å². The Bertz CT molecular complexity index is 390. The van der Waals surface area contributed by atoms with Crippen LogP contribution >= 0.6 is 0 Å². The Labute approximate surface area is 134 Å². The van der Waals surface area contributed by atoms with E-state index >= 15 is 0 Å². The lowest BCUT2D eigenvalue weighted by molar-refractivity contribution is -0.0992. The second kappa shape index (κ2) is 6.20. The number of aliphatic hydroxyl groups is 2. The van der Waals surface area contributed by atoms with Crippen LogP contribution in [0.2, 0.25) is 0 Å². The molecule has 2 N–H and O–H groups in total. The van der Waals surface area contributed by atoms with Gasteiger partial charge in [-0.1, -0.05) is 0 Å². The Morgan fingerprint density at radius 2 is 1.39 bits per heavy atom. The van der Waals surface area contributed by atoms with E-state index in [2.05, 4.69) is 0 Å². The largest absolute Gasteiger partial charge is 0.390 e. The van der Waals surface area contributed by atoms with E-state index in [1.54, 1.807) is 6.92 Å². The topological polar surface area (TPSA) is 109 Å². The van der Waals surface area contributed by atoms with Crippen LogP contribution in [-0.2, 0) is 28.4 Å². The van der Waals surface area contributed by atoms with Crippen molar-refractivity contribution in [2.45, 2.75) is 55.3 Å². The van der Waals surface area contributed by atoms with Crippen LogP contribution < -0.4 is 0 Å². The lowest BCUT2D eigenvalue weighted by atomic mass is 9.87. The normalized spacial score (nSPS) is 44.5. The SMILES string of the molecule is CC(O)C(O)(C1OC1COCC1CO1)C1OC1COCC1CO1. The molecule has 0 spiro atoms. The highest BCUT2D eigenvalue weighted by Crippen LogP contribution is 2.45. The third kappa shape index (κ3) is 3.69. The number of hydrogen-bond acceptors (Lipinski definition) is 8. The van der Waals surface area contributed by atoms with E-state index in [1.807, 2.05) is 0 Å². The highest BCUT2D eigenvalue weighted by Gasteiger charge is 2.67. The smallest absolute Gasteiger partial charge is 0.147 e. The van der Waals surface area contributed by atoms with Crippen molar-refractivity contribution in [3.63, 3.8) is 0 Å². The van der Waals surface area contributed by atoms with E-state index in [0.29, 0.717) is 26.4 Å². The maximum Gasteiger partial charge on any atom is 0.147 e. The van der Waals surface area contributed by atoms with Crippen molar-refractivity contribution in [2.24, 2.45) is 0 Å². The number of aliphatic hydroxyl groups excluding tert-OH is 1. The Morgan fingerprint density at radius 3 is 1.74 bits per heavy atom. The average Bonchev–Trinajstić information content (AvgIpc) is 3.31. The molecule has 8 nitrogen and oxygen atoms in total. The first kappa shape index (κ1) is 16.2. The molecule has 0 amide bonds. The van der Waals surface area contributed by atoms with Crippen LogP contribution in [0.4, 0.5) is 0 Å². The number of hydrogen-bond donors (Lipinski definition) is 2. The molecule has 4 fully saturated rings. The Balaban J connectivity index is 1.23. The van der Waals surface area contributed by atoms with Gasteiger partial charge in [-0.15, -0.1) is 0 Å². The van der Waals surface area contributed by atoms with Crippen LogP contribution in [0, 0.1) is 0 Å². The van der Waals surface area contributed by atoms with E-state index in [4.69, 9.17) is 28.4 Å². The van der Waals surface area contributed by atoms with Crippen LogP contribution in [0.15, 0.2) is 0 Å². The highest BCUT2D eigenvalue weighted by atomic mass is 16.7. The zero-order valence-corrected chi connectivity index (χ0v) is 13.1. The van der Waals surface area contributed by atoms with E-state index < -0.39 is 23.9 Å². The van der Waals surface area contributed by atoms with Crippen molar-refractivity contribution < 1.29 is 38.6 Å². The summed E-state index contributed by atoms with van der Waals surface area (Å²) in [7, 11) is 0. The molecule has 7 atom stereocenters. The van der Waals surface area contributed by atoms with Crippen LogP contribution in [0.5, 0.6) is 0 Å². The summed E-state index contributed by atoms with van der Waals surface area (Å²) in [6.45, 7) is 4.89. The molecule has 4 rings (SSSR count). The summed E-state index contributed by atoms with van der Waals surface area (Å²) in [5, 5.41) is 20.9. The molecule has 0 radical (unpaired) electrons. The first-order valence-electron chi connectivity index (χ1n) is 8.19. The van der Waals surface area contributed by atoms with Crippen molar-refractivity contribution in [1.29, 1.82) is 0 Å². The second-order valence-electron chi connectivity index (χ2n) is 6.74. The fourth-order valence-electron chi connectivity index (χ4n) is 2.95. The Kier molecular flexibility index (Phi) is 4.36. The standard InChI is InChI=1S/C15H24O8/c1-8(16)15(17,13-11(22-13)6-18-2-9-4-20-9)14-12(23-14)7-19-3-10-5-21-10/h8-14,16-17H,2-7H2,1H3. The zero-order valence-electron chi connectivity index (χ0n) is 13.1. The van der Waals surface area contributed by atoms with E-state index in [1.165, 1.54) is 0 Å². The van der Waals surface area contributed by atoms with Crippen molar-refractivity contribution in [3.8, 4) is 0 Å². The molecule has 0 aromatic heterocycles. The molecular weight excluding hydrogens is 308 g/mol. The monoisotopic (exact) mass is 332 g/mol. The molecule has 4 heterocycles. The van der Waals surface area contributed by atoms with Gasteiger partial charge in [-0.3, -0.25) is 0 Å². The first-order chi connectivity index (χ1) is 11.1. The molecule has 8 heteroatoms. The first-order valence-corrected chi connectivity index (χ1v) is 8.19. The van der Waals surface area contributed by atoms with E-state index in [-0.39, 0.29) is 24.4 Å². The number of ether oxygens (including phenoxy) is 6. The summed E-state index contributed by atoms with van der Waals surface area (Å²) >= 11 is 0. The van der Waals surface area contributed by atoms with Crippen molar-refractivity contribution >= 4 is 0 Å². The molecule has 0 aliphatic carbocycles. The highest BCUT2D eigenvalue weighted by molar-refractivity contribution is 5.15. The van der Waals surface area contributed by atoms with Crippen LogP contribution in [-0.4, -0.2) is 98.2 Å². The molecule has 0 bridgehead atoms. The van der Waals surface area contributed by atoms with Gasteiger partial charge in [0.2, 0.25) is 0 Å². The van der Waals surface area contributed by atoms with Gasteiger partial charge in [0.05, 0.1) is 45.7 Å². The summed E-state index contributed by atoms with van der Waals surface area (Å²) in [6, 6.07) is 0. The minimum Gasteiger partial charge on any atom is -0.390 e. The summed E-state index contributed by atoms with van der Waals surface area (Å²) in [5.74, 6) is 0. The van der Waals surface area contributed by atoms with Gasteiger partial charge >= 0.3 is 0 Å². The summed E-state index contributed by atoms with van der Waals surface area (Å²) in [4.78, 5) is 0. The molecule has 4 saturated heterocycles. The second-order valence-corrected chi connectivity index (χ2v) is 6.74. The molecule has 4 aliphatic rings. The third-order valence-electron chi connectivity index (χ3n) is 4.72. The minimum absolute atomic E-state index is 0.201. The zero-order chi connectivity index (χ0) is 16.0. The summed E-state index contributed by atoms with van der Waals surface area (Å²) < 4.78 is 32.2. The van der Waals surface area contributed by atoms with Gasteiger partial charge < -0.3 is 38.6 Å². The summed E-state index contributed by atoms with van der Waals surface area (Å²) in [5.41, 5.74) is -1.44. The van der Waals surface area contributed by atoms with Crippen molar-refractivity contribution in [1.82, 2.24) is 0 Å². The molecule has 7 unspecified atom stereocenters. The predicted octanol–water partition coefficient (Wildman–Crippen LogP) is -1.54. The molecule has 132 valence electrons. The molecule has 0 aromatic rings. The molecule has 0 aromatic carbocycles. The minimum atomic E-state index is -1.44. The van der Waals surface area contributed by atoms with Gasteiger partial charge in [0, 0.05) is 0 Å². The third-order valence-corrected chi connectivity index (χ3v) is 4.72. The fourth-order valence-corrected chi connectivity index (χ4v) is 2.95. The molecular formula is C15H24O8. The van der Waals surface area contributed by atoms with Gasteiger partial charge in [-0.2, -0.15) is 0 Å². The van der Waals surface area contributed by atoms with Crippen molar-refractivity contribution in [2.75, 3.05) is 39.6 Å². The maximum absolute atomic E-state index is 10.9. The van der Waals surface area contributed by atoms with Crippen LogP contribution in [0.3, 0.4) is 0 Å². The predicted molar refractivity (Wildman–Crippen MR) is 75.1 cm³/mol.